The summed E-state index contributed by atoms with van der Waals surface area (Å²) < 4.78 is 0. The Kier molecular flexibility index (Phi) is 9.90. The van der Waals surface area contributed by atoms with Crippen molar-refractivity contribution in [3.05, 3.63) is 42.5 Å². The smallest absolute Gasteiger partial charge is 0.243 e. The Balaban J connectivity index is 1.60. The molecule has 3 rings (SSSR count). The van der Waals surface area contributed by atoms with Gasteiger partial charge in [0.05, 0.1) is 12.1 Å². The first-order valence-corrected chi connectivity index (χ1v) is 13.4. The number of hydrogen-bond acceptors (Lipinski definition) is 4. The minimum Gasteiger partial charge on any atom is -0.391 e. The number of benzene rings is 2. The van der Waals surface area contributed by atoms with Crippen molar-refractivity contribution in [1.29, 1.82) is 0 Å². The number of aliphatic hydroxyl groups excluding tert-OH is 1. The van der Waals surface area contributed by atoms with Gasteiger partial charge in [-0.2, -0.15) is 0 Å². The molecule has 0 aliphatic heterocycles. The van der Waals surface area contributed by atoms with Crippen LogP contribution < -0.4 is 10.6 Å². The molecule has 2 amide bonds. The van der Waals surface area contributed by atoms with Gasteiger partial charge in [-0.25, -0.2) is 0 Å². The highest BCUT2D eigenvalue weighted by Crippen LogP contribution is 2.36. The largest absolute Gasteiger partial charge is 0.391 e. The molecule has 6 unspecified atom stereocenters. The summed E-state index contributed by atoms with van der Waals surface area (Å²) in [4.78, 5) is 25.7. The van der Waals surface area contributed by atoms with E-state index in [9.17, 15) is 14.7 Å². The summed E-state index contributed by atoms with van der Waals surface area (Å²) in [6, 6.07) is 13.1. The highest BCUT2D eigenvalue weighted by Gasteiger charge is 2.31. The first-order chi connectivity index (χ1) is 16.3. The third kappa shape index (κ3) is 7.51. The van der Waals surface area contributed by atoms with E-state index in [2.05, 4.69) is 36.6 Å². The number of aliphatic hydroxyl groups is 1. The molecule has 2 aromatic rings. The molecule has 0 spiro atoms. The van der Waals surface area contributed by atoms with Crippen molar-refractivity contribution >= 4 is 42.1 Å². The summed E-state index contributed by atoms with van der Waals surface area (Å²) >= 11 is 1.49. The average Bonchev–Trinajstić information content (AvgIpc) is 2.81. The predicted molar refractivity (Wildman–Crippen MR) is 141 cm³/mol. The Labute approximate surface area is 209 Å². The lowest BCUT2D eigenvalue weighted by Crippen LogP contribution is -2.53. The summed E-state index contributed by atoms with van der Waals surface area (Å²) in [7, 11) is 5.36. The molecule has 0 heterocycles. The molecule has 2 aromatic carbocycles. The fourth-order valence-electron chi connectivity index (χ4n) is 5.10. The van der Waals surface area contributed by atoms with Crippen molar-refractivity contribution in [2.75, 3.05) is 5.75 Å². The third-order valence-corrected chi connectivity index (χ3v) is 8.24. The Bertz CT molecular complexity index is 972. The normalized spacial score (nSPS) is 23.1. The predicted octanol–water partition coefficient (Wildman–Crippen LogP) is 4.90. The summed E-state index contributed by atoms with van der Waals surface area (Å²) in [6.45, 7) is 6.52. The minimum absolute atomic E-state index is 0.316. The van der Waals surface area contributed by atoms with Crippen LogP contribution in [0.15, 0.2) is 47.4 Å². The van der Waals surface area contributed by atoms with Crippen molar-refractivity contribution in [3.8, 4) is 0 Å². The fourth-order valence-corrected chi connectivity index (χ4v) is 6.07. The Morgan fingerprint density at radius 3 is 2.53 bits per heavy atom. The summed E-state index contributed by atoms with van der Waals surface area (Å²) in [5.41, 5.74) is 0. The van der Waals surface area contributed by atoms with Crippen LogP contribution in [0.2, 0.25) is 0 Å². The molecule has 1 aliphatic carbocycles. The second-order valence-electron chi connectivity index (χ2n) is 9.86. The van der Waals surface area contributed by atoms with Crippen molar-refractivity contribution < 1.29 is 14.7 Å². The summed E-state index contributed by atoms with van der Waals surface area (Å²) in [5, 5.41) is 18.8. The lowest BCUT2D eigenvalue weighted by atomic mass is 9.73. The maximum absolute atomic E-state index is 13.1. The maximum Gasteiger partial charge on any atom is 0.243 e. The fraction of sp³-hybridized carbons (Fsp3) is 0.556. The van der Waals surface area contributed by atoms with Crippen LogP contribution in [-0.2, 0) is 4.79 Å². The summed E-state index contributed by atoms with van der Waals surface area (Å²) in [5.74, 6) is 1.08. The van der Waals surface area contributed by atoms with E-state index in [-0.39, 0.29) is 11.9 Å². The lowest BCUT2D eigenvalue weighted by Gasteiger charge is -2.35. The zero-order chi connectivity index (χ0) is 24.7. The minimum atomic E-state index is -0.787. The van der Waals surface area contributed by atoms with Gasteiger partial charge in [-0.1, -0.05) is 57.5 Å². The van der Waals surface area contributed by atoms with Crippen LogP contribution in [0.5, 0.6) is 0 Å². The molecule has 1 aliphatic rings. The number of fused-ring (bicyclic) bond motifs is 1. The van der Waals surface area contributed by atoms with Crippen LogP contribution in [-0.4, -0.2) is 48.6 Å². The second kappa shape index (κ2) is 12.6. The van der Waals surface area contributed by atoms with Crippen molar-refractivity contribution in [3.63, 3.8) is 0 Å². The Hall–Kier alpha value is -1.99. The molecule has 1 saturated carbocycles. The van der Waals surface area contributed by atoms with Crippen LogP contribution in [0.3, 0.4) is 0 Å². The van der Waals surface area contributed by atoms with Gasteiger partial charge in [0.25, 0.3) is 0 Å². The van der Waals surface area contributed by atoms with E-state index < -0.39 is 18.0 Å². The van der Waals surface area contributed by atoms with Gasteiger partial charge >= 0.3 is 0 Å². The van der Waals surface area contributed by atoms with Crippen molar-refractivity contribution in [1.82, 2.24) is 10.6 Å². The third-order valence-electron chi connectivity index (χ3n) is 7.16. The number of hydrogen-bond donors (Lipinski definition) is 3. The zero-order valence-electron chi connectivity index (χ0n) is 20.5. The zero-order valence-corrected chi connectivity index (χ0v) is 21.3. The molecular formula is C27H37BN2O3S. The molecule has 3 N–H and O–H groups in total. The molecule has 182 valence electrons. The van der Waals surface area contributed by atoms with E-state index in [4.69, 9.17) is 7.85 Å². The first-order valence-electron chi connectivity index (χ1n) is 12.4. The van der Waals surface area contributed by atoms with Gasteiger partial charge in [-0.15, -0.1) is 11.8 Å². The molecular weight excluding hydrogens is 443 g/mol. The number of amides is 2. The number of nitrogens with one attached hydrogen (secondary N) is 2. The molecule has 0 aromatic heterocycles. The number of thioether (sulfide) groups is 1. The van der Waals surface area contributed by atoms with Crippen LogP contribution in [0.1, 0.15) is 52.9 Å². The van der Waals surface area contributed by atoms with E-state index >= 15 is 0 Å². The monoisotopic (exact) mass is 480 g/mol. The molecule has 0 bridgehead atoms. The Morgan fingerprint density at radius 2 is 1.85 bits per heavy atom. The Morgan fingerprint density at radius 1 is 1.12 bits per heavy atom. The number of carbonyl (C=O) groups is 2. The van der Waals surface area contributed by atoms with Crippen molar-refractivity contribution in [2.45, 2.75) is 76.0 Å². The average molecular weight is 480 g/mol. The van der Waals surface area contributed by atoms with Crippen LogP contribution >= 0.6 is 11.8 Å². The van der Waals surface area contributed by atoms with E-state index in [0.717, 1.165) is 28.0 Å². The number of rotatable bonds is 10. The molecule has 1 fully saturated rings. The van der Waals surface area contributed by atoms with Gasteiger partial charge in [-0.3, -0.25) is 9.59 Å². The van der Waals surface area contributed by atoms with E-state index in [1.165, 1.54) is 24.6 Å². The molecule has 5 nitrogen and oxygen atoms in total. The standard InChI is InChI=1S/C27H37BN2O3S/c1-4-23(25(31)15-20-10-9-17(2)13-18(20)3)29-26(32)24(30-27(28)33)16-34-22-12-11-19-7-5-6-8-21(19)14-22/h5-8,11-12,14,17-18,20,23-25,31H,4,9-10,13,15-16H2,1-3H3,(H,29,32)(H,30,33). The molecule has 7 heteroatoms. The van der Waals surface area contributed by atoms with Gasteiger partial charge in [0.2, 0.25) is 13.8 Å². The molecule has 2 radical (unpaired) electrons. The lowest BCUT2D eigenvalue weighted by molar-refractivity contribution is -0.124. The highest BCUT2D eigenvalue weighted by atomic mass is 32.2. The van der Waals surface area contributed by atoms with Crippen molar-refractivity contribution in [2.24, 2.45) is 17.8 Å². The first kappa shape index (κ1) is 26.6. The van der Waals surface area contributed by atoms with Crippen LogP contribution in [0, 0.1) is 17.8 Å². The second-order valence-corrected chi connectivity index (χ2v) is 11.0. The van der Waals surface area contributed by atoms with Gasteiger partial charge in [0, 0.05) is 10.6 Å². The summed E-state index contributed by atoms with van der Waals surface area (Å²) in [6.07, 6.45) is 4.20. The van der Waals surface area contributed by atoms with E-state index in [1.54, 1.807) is 0 Å². The van der Waals surface area contributed by atoms with Gasteiger partial charge in [0.15, 0.2) is 5.81 Å². The van der Waals surface area contributed by atoms with E-state index in [1.807, 2.05) is 37.3 Å². The SMILES string of the molecule is [B]C(=O)NC(CSc1ccc2ccccc2c1)C(=O)NC(CC)C(O)CC1CCC(C)CC1C. The van der Waals surface area contributed by atoms with Gasteiger partial charge in [0.1, 0.15) is 6.04 Å². The molecule has 6 atom stereocenters. The highest BCUT2D eigenvalue weighted by molar-refractivity contribution is 7.99. The molecule has 0 saturated heterocycles. The maximum atomic E-state index is 13.1. The van der Waals surface area contributed by atoms with Crippen LogP contribution in [0.4, 0.5) is 4.79 Å². The number of carbonyl (C=O) groups excluding carboxylic acids is 2. The van der Waals surface area contributed by atoms with Gasteiger partial charge < -0.3 is 15.7 Å². The topological polar surface area (TPSA) is 78.4 Å². The molecule has 34 heavy (non-hydrogen) atoms. The van der Waals surface area contributed by atoms with Gasteiger partial charge in [-0.05, 0) is 66.3 Å². The van der Waals surface area contributed by atoms with E-state index in [0.29, 0.717) is 30.4 Å². The quantitative estimate of drug-likeness (QED) is 0.334. The van der Waals surface area contributed by atoms with Crippen LogP contribution in [0.25, 0.3) is 10.8 Å².